The van der Waals surface area contributed by atoms with Crippen LogP contribution in [0.4, 0.5) is 0 Å². The molecule has 10 heavy (non-hydrogen) atoms. The third-order valence-electron chi connectivity index (χ3n) is 1.68. The zero-order chi connectivity index (χ0) is 7.98. The highest BCUT2D eigenvalue weighted by atomic mass is 35.5. The molecule has 0 aromatic heterocycles. The van der Waals surface area contributed by atoms with E-state index >= 15 is 0 Å². The lowest BCUT2D eigenvalue weighted by molar-refractivity contribution is 0.543. The van der Waals surface area contributed by atoms with Gasteiger partial charge in [0.05, 0.1) is 0 Å². The van der Waals surface area contributed by atoms with E-state index in [1.165, 1.54) is 0 Å². The average molecular weight is 183 g/mol. The quantitative estimate of drug-likeness (QED) is 0.570. The van der Waals surface area contributed by atoms with Gasteiger partial charge in [0.15, 0.2) is 0 Å². The second-order valence-electron chi connectivity index (χ2n) is 2.84. The van der Waals surface area contributed by atoms with Crippen molar-refractivity contribution in [1.29, 1.82) is 0 Å². The predicted octanol–water partition coefficient (Wildman–Crippen LogP) is 3.66. The maximum Gasteiger partial charge on any atom is 0.0333 e. The fourth-order valence-corrected chi connectivity index (χ4v) is 1.03. The van der Waals surface area contributed by atoms with E-state index in [1.807, 2.05) is 0 Å². The van der Waals surface area contributed by atoms with Gasteiger partial charge in [-0.15, -0.1) is 23.2 Å². The van der Waals surface area contributed by atoms with Crippen molar-refractivity contribution >= 4 is 23.2 Å². The van der Waals surface area contributed by atoms with Crippen molar-refractivity contribution in [2.45, 2.75) is 38.5 Å². The van der Waals surface area contributed by atoms with Gasteiger partial charge in [-0.25, -0.2) is 0 Å². The third-order valence-corrected chi connectivity index (χ3v) is 2.73. The van der Waals surface area contributed by atoms with Gasteiger partial charge in [-0.3, -0.25) is 0 Å². The van der Waals surface area contributed by atoms with Crippen molar-refractivity contribution in [2.75, 3.05) is 5.88 Å². The lowest BCUT2D eigenvalue weighted by Crippen LogP contribution is -2.02. The van der Waals surface area contributed by atoms with Crippen LogP contribution in [0.15, 0.2) is 0 Å². The first kappa shape index (κ1) is 10.6. The van der Waals surface area contributed by atoms with Crippen LogP contribution in [0, 0.1) is 5.92 Å². The smallest absolute Gasteiger partial charge is 0.0333 e. The molecule has 0 fully saturated rings. The van der Waals surface area contributed by atoms with Crippen molar-refractivity contribution in [3.63, 3.8) is 0 Å². The summed E-state index contributed by atoms with van der Waals surface area (Å²) in [6.07, 6.45) is 3.33. The lowest BCUT2D eigenvalue weighted by Gasteiger charge is -2.09. The van der Waals surface area contributed by atoms with E-state index in [9.17, 15) is 0 Å². The molecule has 0 N–H and O–H groups in total. The van der Waals surface area contributed by atoms with Gasteiger partial charge >= 0.3 is 0 Å². The normalized spacial score (nSPS) is 16.8. The molecule has 0 saturated carbocycles. The largest absolute Gasteiger partial charge is 0.126 e. The molecule has 2 unspecified atom stereocenters. The molecule has 0 amide bonds. The highest BCUT2D eigenvalue weighted by molar-refractivity contribution is 6.20. The first-order valence-corrected chi connectivity index (χ1v) is 4.87. The summed E-state index contributed by atoms with van der Waals surface area (Å²) in [5.74, 6) is 1.38. The first-order chi connectivity index (χ1) is 4.70. The molecule has 62 valence electrons. The van der Waals surface area contributed by atoms with E-state index in [4.69, 9.17) is 23.2 Å². The van der Waals surface area contributed by atoms with Crippen molar-refractivity contribution in [2.24, 2.45) is 5.92 Å². The highest BCUT2D eigenvalue weighted by Crippen LogP contribution is 2.14. The molecule has 0 rings (SSSR count). The Morgan fingerprint density at radius 2 is 1.90 bits per heavy atom. The molecular weight excluding hydrogens is 167 g/mol. The second kappa shape index (κ2) is 6.30. The van der Waals surface area contributed by atoms with Crippen LogP contribution < -0.4 is 0 Å². The van der Waals surface area contributed by atoms with Crippen molar-refractivity contribution in [3.8, 4) is 0 Å². The maximum absolute atomic E-state index is 5.92. The van der Waals surface area contributed by atoms with Crippen LogP contribution in [-0.4, -0.2) is 11.3 Å². The van der Waals surface area contributed by atoms with Gasteiger partial charge in [0.2, 0.25) is 0 Å². The Kier molecular flexibility index (Phi) is 6.67. The molecule has 0 heterocycles. The third kappa shape index (κ3) is 5.37. The molecule has 0 nitrogen and oxygen atoms in total. The van der Waals surface area contributed by atoms with Crippen LogP contribution in [0.2, 0.25) is 0 Å². The number of halogens is 2. The highest BCUT2D eigenvalue weighted by Gasteiger charge is 2.04. The lowest BCUT2D eigenvalue weighted by atomic mass is 10.1. The van der Waals surface area contributed by atoms with Crippen LogP contribution in [-0.2, 0) is 0 Å². The molecule has 0 aromatic carbocycles. The Labute approximate surface area is 73.9 Å². The summed E-state index contributed by atoms with van der Waals surface area (Å²) >= 11 is 11.6. The van der Waals surface area contributed by atoms with E-state index in [0.717, 1.165) is 25.1 Å². The summed E-state index contributed by atoms with van der Waals surface area (Å²) < 4.78 is 0. The Morgan fingerprint density at radius 1 is 1.30 bits per heavy atom. The van der Waals surface area contributed by atoms with Gasteiger partial charge < -0.3 is 0 Å². The SMILES string of the molecule is CCC(Cl)CCC(C)CCl. The summed E-state index contributed by atoms with van der Waals surface area (Å²) in [6.45, 7) is 4.27. The molecule has 0 aliphatic heterocycles. The molecule has 0 spiro atoms. The van der Waals surface area contributed by atoms with Gasteiger partial charge in [-0.2, -0.15) is 0 Å². The van der Waals surface area contributed by atoms with Gasteiger partial charge in [-0.05, 0) is 25.2 Å². The van der Waals surface area contributed by atoms with E-state index in [1.54, 1.807) is 0 Å². The van der Waals surface area contributed by atoms with Crippen LogP contribution in [0.3, 0.4) is 0 Å². The molecule has 0 bridgehead atoms. The van der Waals surface area contributed by atoms with Crippen LogP contribution >= 0.6 is 23.2 Å². The van der Waals surface area contributed by atoms with E-state index in [-0.39, 0.29) is 0 Å². The van der Waals surface area contributed by atoms with Crippen molar-refractivity contribution in [1.82, 2.24) is 0 Å². The summed E-state index contributed by atoms with van der Waals surface area (Å²) in [7, 11) is 0. The fraction of sp³-hybridized carbons (Fsp3) is 1.00. The molecule has 0 radical (unpaired) electrons. The minimum absolute atomic E-state index is 0.352. The van der Waals surface area contributed by atoms with Crippen molar-refractivity contribution < 1.29 is 0 Å². The van der Waals surface area contributed by atoms with Crippen LogP contribution in [0.1, 0.15) is 33.1 Å². The maximum atomic E-state index is 5.92. The van der Waals surface area contributed by atoms with Crippen molar-refractivity contribution in [3.05, 3.63) is 0 Å². The molecule has 0 aliphatic carbocycles. The number of rotatable bonds is 5. The first-order valence-electron chi connectivity index (χ1n) is 3.90. The summed E-state index contributed by atoms with van der Waals surface area (Å²) in [4.78, 5) is 0. The summed E-state index contributed by atoms with van der Waals surface area (Å²) in [5.41, 5.74) is 0. The van der Waals surface area contributed by atoms with Crippen LogP contribution in [0.5, 0.6) is 0 Å². The minimum atomic E-state index is 0.352. The molecule has 2 atom stereocenters. The summed E-state index contributed by atoms with van der Waals surface area (Å²) in [6, 6.07) is 0. The zero-order valence-electron chi connectivity index (χ0n) is 6.74. The Bertz CT molecular complexity index is 63.7. The topological polar surface area (TPSA) is 0 Å². The zero-order valence-corrected chi connectivity index (χ0v) is 8.25. The number of hydrogen-bond acceptors (Lipinski definition) is 0. The van der Waals surface area contributed by atoms with Gasteiger partial charge in [0.25, 0.3) is 0 Å². The van der Waals surface area contributed by atoms with Gasteiger partial charge in [0.1, 0.15) is 0 Å². The van der Waals surface area contributed by atoms with E-state index in [0.29, 0.717) is 11.3 Å². The minimum Gasteiger partial charge on any atom is -0.126 e. The summed E-state index contributed by atoms with van der Waals surface area (Å²) in [5, 5.41) is 0.352. The standard InChI is InChI=1S/C8H16Cl2/c1-3-8(10)5-4-7(2)6-9/h7-8H,3-6H2,1-2H3. The Balaban J connectivity index is 3.17. The number of alkyl halides is 2. The fourth-order valence-electron chi connectivity index (χ4n) is 0.747. The van der Waals surface area contributed by atoms with Crippen LogP contribution in [0.25, 0.3) is 0 Å². The average Bonchev–Trinajstić information content (AvgIpc) is 1.99. The molecule has 0 aliphatic rings. The van der Waals surface area contributed by atoms with Gasteiger partial charge in [-0.1, -0.05) is 13.8 Å². The van der Waals surface area contributed by atoms with E-state index < -0.39 is 0 Å². The predicted molar refractivity (Wildman–Crippen MR) is 49.1 cm³/mol. The molecule has 0 aromatic rings. The Morgan fingerprint density at radius 3 is 2.30 bits per heavy atom. The molecule has 2 heteroatoms. The number of hydrogen-bond donors (Lipinski definition) is 0. The molecular formula is C8H16Cl2. The molecule has 0 saturated heterocycles. The second-order valence-corrected chi connectivity index (χ2v) is 3.77. The Hall–Kier alpha value is 0.580. The monoisotopic (exact) mass is 182 g/mol. The van der Waals surface area contributed by atoms with E-state index in [2.05, 4.69) is 13.8 Å². The van der Waals surface area contributed by atoms with Gasteiger partial charge in [0, 0.05) is 11.3 Å².